The van der Waals surface area contributed by atoms with Gasteiger partial charge in [0.15, 0.2) is 0 Å². The molecule has 31 heavy (non-hydrogen) atoms. The number of aliphatic hydroxyl groups is 1. The Labute approximate surface area is 191 Å². The van der Waals surface area contributed by atoms with Crippen LogP contribution in [0.1, 0.15) is 84.0 Å². The van der Waals surface area contributed by atoms with Gasteiger partial charge in [0.25, 0.3) is 0 Å². The molecule has 0 aromatic rings. The SMILES string of the molecule is CCCCCCCCCCCCC/C=C/[C@H](O)[C@@H](N)COP(=O)(O)OCC[N+](C)(C)C. The Balaban J connectivity index is 3.74. The zero-order valence-electron chi connectivity index (χ0n) is 20.5. The van der Waals surface area contributed by atoms with Crippen molar-refractivity contribution >= 4 is 7.82 Å². The number of hydrogen-bond acceptors (Lipinski definition) is 5. The van der Waals surface area contributed by atoms with E-state index in [1.807, 2.05) is 27.2 Å². The van der Waals surface area contributed by atoms with Gasteiger partial charge in [0.05, 0.1) is 39.9 Å². The third kappa shape index (κ3) is 21.3. The van der Waals surface area contributed by atoms with Crippen molar-refractivity contribution < 1.29 is 28.1 Å². The van der Waals surface area contributed by atoms with Gasteiger partial charge in [-0.2, -0.15) is 0 Å². The number of allylic oxidation sites excluding steroid dienone is 1. The third-order valence-corrected chi connectivity index (χ3v) is 6.18. The number of likely N-dealkylation sites (N-methyl/N-ethyl adjacent to an activating group) is 1. The van der Waals surface area contributed by atoms with Crippen molar-refractivity contribution in [2.45, 2.75) is 96.1 Å². The van der Waals surface area contributed by atoms with Gasteiger partial charge < -0.3 is 20.2 Å². The Morgan fingerprint density at radius 1 is 0.935 bits per heavy atom. The predicted molar refractivity (Wildman–Crippen MR) is 129 cm³/mol. The molecule has 0 heterocycles. The Hall–Kier alpha value is -0.270. The van der Waals surface area contributed by atoms with Crippen LogP contribution in [0.4, 0.5) is 0 Å². The van der Waals surface area contributed by atoms with Crippen molar-refractivity contribution in [3.05, 3.63) is 12.2 Å². The molecule has 0 rings (SSSR count). The lowest BCUT2D eigenvalue weighted by Crippen LogP contribution is -2.38. The molecule has 0 amide bonds. The van der Waals surface area contributed by atoms with Gasteiger partial charge in [0.1, 0.15) is 13.2 Å². The lowest BCUT2D eigenvalue weighted by atomic mass is 10.0. The predicted octanol–water partition coefficient (Wildman–Crippen LogP) is 4.77. The number of quaternary nitrogens is 1. The van der Waals surface area contributed by atoms with Crippen LogP contribution in [0.5, 0.6) is 0 Å². The van der Waals surface area contributed by atoms with Gasteiger partial charge in [0.2, 0.25) is 0 Å². The molecule has 0 spiro atoms. The smallest absolute Gasteiger partial charge is 0.387 e. The summed E-state index contributed by atoms with van der Waals surface area (Å²) in [5, 5.41) is 10.1. The summed E-state index contributed by atoms with van der Waals surface area (Å²) in [6, 6.07) is -0.781. The molecule has 0 saturated carbocycles. The van der Waals surface area contributed by atoms with E-state index < -0.39 is 20.0 Å². The number of nitrogens with two attached hydrogens (primary N) is 1. The number of aliphatic hydroxyl groups excluding tert-OH is 1. The van der Waals surface area contributed by atoms with Crippen molar-refractivity contribution in [3.8, 4) is 0 Å². The van der Waals surface area contributed by atoms with Crippen molar-refractivity contribution in [2.24, 2.45) is 5.73 Å². The molecule has 186 valence electrons. The minimum Gasteiger partial charge on any atom is -0.387 e. The molecule has 0 aliphatic heterocycles. The molecule has 0 aromatic carbocycles. The molecule has 3 atom stereocenters. The minimum absolute atomic E-state index is 0.105. The average molecular weight is 466 g/mol. The maximum Gasteiger partial charge on any atom is 0.472 e. The first-order chi connectivity index (χ1) is 14.6. The minimum atomic E-state index is -4.16. The third-order valence-electron chi connectivity index (χ3n) is 5.19. The van der Waals surface area contributed by atoms with E-state index in [2.05, 4.69) is 6.92 Å². The lowest BCUT2D eigenvalue weighted by molar-refractivity contribution is -0.870. The molecule has 4 N–H and O–H groups in total. The first-order valence-corrected chi connectivity index (χ1v) is 13.6. The Morgan fingerprint density at radius 3 is 1.97 bits per heavy atom. The number of phosphoric acid groups is 1. The van der Waals surface area contributed by atoms with Gasteiger partial charge >= 0.3 is 7.82 Å². The summed E-state index contributed by atoms with van der Waals surface area (Å²) < 4.78 is 22.3. The lowest BCUT2D eigenvalue weighted by Gasteiger charge is -2.24. The summed E-state index contributed by atoms with van der Waals surface area (Å²) in [5.41, 5.74) is 5.85. The summed E-state index contributed by atoms with van der Waals surface area (Å²) >= 11 is 0. The second-order valence-electron chi connectivity index (χ2n) is 9.52. The van der Waals surface area contributed by atoms with Crippen molar-refractivity contribution in [1.82, 2.24) is 0 Å². The monoisotopic (exact) mass is 465 g/mol. The Bertz CT molecular complexity index is 497. The average Bonchev–Trinajstić information content (AvgIpc) is 2.68. The Morgan fingerprint density at radius 2 is 1.45 bits per heavy atom. The van der Waals surface area contributed by atoms with Crippen molar-refractivity contribution in [2.75, 3.05) is 40.9 Å². The van der Waals surface area contributed by atoms with E-state index in [1.54, 1.807) is 6.08 Å². The summed E-state index contributed by atoms with van der Waals surface area (Å²) in [6.45, 7) is 2.68. The van der Waals surface area contributed by atoms with Crippen LogP contribution in [0.15, 0.2) is 12.2 Å². The van der Waals surface area contributed by atoms with Crippen LogP contribution in [0.3, 0.4) is 0 Å². The quantitative estimate of drug-likeness (QED) is 0.0977. The summed E-state index contributed by atoms with van der Waals surface area (Å²) in [4.78, 5) is 9.69. The fourth-order valence-electron chi connectivity index (χ4n) is 3.05. The molecule has 0 aliphatic rings. The first-order valence-electron chi connectivity index (χ1n) is 12.1. The first kappa shape index (κ1) is 30.7. The van der Waals surface area contributed by atoms with Gasteiger partial charge in [0, 0.05) is 0 Å². The molecule has 0 radical (unpaired) electrons. The highest BCUT2D eigenvalue weighted by Gasteiger charge is 2.25. The largest absolute Gasteiger partial charge is 0.472 e. The van der Waals surface area contributed by atoms with Crippen LogP contribution in [0, 0.1) is 0 Å². The molecule has 0 bridgehead atoms. The van der Waals surface area contributed by atoms with Gasteiger partial charge in [-0.1, -0.05) is 83.3 Å². The highest BCUT2D eigenvalue weighted by Crippen LogP contribution is 2.43. The second-order valence-corrected chi connectivity index (χ2v) is 11.0. The maximum absolute atomic E-state index is 11.9. The fraction of sp³-hybridized carbons (Fsp3) is 0.913. The van der Waals surface area contributed by atoms with E-state index in [9.17, 15) is 14.6 Å². The van der Waals surface area contributed by atoms with E-state index in [1.165, 1.54) is 64.2 Å². The van der Waals surface area contributed by atoms with Gasteiger partial charge in [-0.15, -0.1) is 0 Å². The number of hydrogen-bond donors (Lipinski definition) is 3. The molecule has 0 fully saturated rings. The van der Waals surface area contributed by atoms with E-state index in [4.69, 9.17) is 14.8 Å². The van der Waals surface area contributed by atoms with Crippen molar-refractivity contribution in [3.63, 3.8) is 0 Å². The molecular formula is C23H50N2O5P+. The summed E-state index contributed by atoms with van der Waals surface area (Å²) in [5.74, 6) is 0. The normalized spacial score (nSPS) is 16.5. The summed E-state index contributed by atoms with van der Waals surface area (Å²) in [6.07, 6.45) is 17.9. The van der Waals surface area contributed by atoms with Crippen LogP contribution in [0.25, 0.3) is 0 Å². The fourth-order valence-corrected chi connectivity index (χ4v) is 3.80. The van der Waals surface area contributed by atoms with E-state index in [-0.39, 0.29) is 13.2 Å². The highest BCUT2D eigenvalue weighted by atomic mass is 31.2. The zero-order chi connectivity index (χ0) is 23.6. The van der Waals surface area contributed by atoms with Gasteiger partial charge in [-0.3, -0.25) is 9.05 Å². The summed E-state index contributed by atoms with van der Waals surface area (Å²) in [7, 11) is 1.72. The van der Waals surface area contributed by atoms with E-state index in [0.717, 1.165) is 12.8 Å². The van der Waals surface area contributed by atoms with Crippen LogP contribution in [0.2, 0.25) is 0 Å². The number of rotatable bonds is 21. The molecule has 0 aliphatic carbocycles. The van der Waals surface area contributed by atoms with E-state index >= 15 is 0 Å². The number of unbranched alkanes of at least 4 members (excludes halogenated alkanes) is 11. The topological polar surface area (TPSA) is 102 Å². The molecule has 0 aromatic heterocycles. The van der Waals surface area contributed by atoms with Crippen molar-refractivity contribution in [1.29, 1.82) is 0 Å². The van der Waals surface area contributed by atoms with E-state index in [0.29, 0.717) is 11.0 Å². The molecular weight excluding hydrogens is 415 g/mol. The van der Waals surface area contributed by atoms with Crippen LogP contribution >= 0.6 is 7.82 Å². The maximum atomic E-state index is 11.9. The molecule has 7 nitrogen and oxygen atoms in total. The highest BCUT2D eigenvalue weighted by molar-refractivity contribution is 7.47. The van der Waals surface area contributed by atoms with Gasteiger partial charge in [-0.25, -0.2) is 4.57 Å². The van der Waals surface area contributed by atoms with Crippen LogP contribution < -0.4 is 5.73 Å². The standard InChI is InChI=1S/C23H49N2O5P/c1-5-6-7-8-9-10-11-12-13-14-15-16-17-18-23(26)22(24)21-30-31(27,28)29-20-19-25(2,3)4/h17-18,22-23,26H,5-16,19-21,24H2,1-4H3/p+1/b18-17+/t22-,23-/m0/s1. The number of nitrogens with zero attached hydrogens (tertiary/aromatic N) is 1. The van der Waals surface area contributed by atoms with Gasteiger partial charge in [-0.05, 0) is 12.8 Å². The Kier molecular flexibility index (Phi) is 18.0. The number of phosphoric ester groups is 1. The molecule has 8 heteroatoms. The molecule has 0 saturated heterocycles. The zero-order valence-corrected chi connectivity index (χ0v) is 21.4. The van der Waals surface area contributed by atoms with Crippen LogP contribution in [-0.2, 0) is 13.6 Å². The second kappa shape index (κ2) is 18.2. The molecule has 1 unspecified atom stereocenters. The van der Waals surface area contributed by atoms with Crippen LogP contribution in [-0.4, -0.2) is 67.5 Å².